The zero-order valence-electron chi connectivity index (χ0n) is 22.4. The lowest BCUT2D eigenvalue weighted by Crippen LogP contribution is -2.66. The molecule has 1 aromatic rings. The number of carbonyl (C=O) groups is 5. The smallest absolute Gasteiger partial charge is 0.305 e. The van der Waals surface area contributed by atoms with E-state index in [0.29, 0.717) is 32.7 Å². The minimum Gasteiger partial charge on any atom is -0.455 e. The van der Waals surface area contributed by atoms with Gasteiger partial charge in [0.2, 0.25) is 12.4 Å². The molecule has 0 saturated carbocycles. The van der Waals surface area contributed by atoms with Gasteiger partial charge in [0.1, 0.15) is 0 Å². The van der Waals surface area contributed by atoms with Crippen LogP contribution in [0.2, 0.25) is 0 Å². The summed E-state index contributed by atoms with van der Waals surface area (Å²) in [6.45, 7) is 6.99. The molecule has 0 radical (unpaired) electrons. The maximum absolute atomic E-state index is 13.6. The highest BCUT2D eigenvalue weighted by Crippen LogP contribution is 2.31. The Morgan fingerprint density at radius 2 is 1.31 bits per heavy atom. The topological polar surface area (TPSA) is 138 Å². The van der Waals surface area contributed by atoms with Crippen molar-refractivity contribution < 1.29 is 47.7 Å². The molecule has 0 aliphatic carbocycles. The van der Waals surface area contributed by atoms with Gasteiger partial charge < -0.3 is 28.6 Å². The van der Waals surface area contributed by atoms with Gasteiger partial charge in [0, 0.05) is 60.4 Å². The minimum absolute atomic E-state index is 0.356. The summed E-state index contributed by atoms with van der Waals surface area (Å²) < 4.78 is 26.9. The van der Waals surface area contributed by atoms with Crippen LogP contribution in [0.5, 0.6) is 0 Å². The van der Waals surface area contributed by atoms with E-state index in [1.165, 1.54) is 0 Å². The number of ether oxygens (including phenoxy) is 5. The van der Waals surface area contributed by atoms with Crippen molar-refractivity contribution in [2.24, 2.45) is 0 Å². The molecule has 3 rings (SSSR count). The summed E-state index contributed by atoms with van der Waals surface area (Å²) in [4.78, 5) is 64.8. The van der Waals surface area contributed by atoms with Crippen LogP contribution in [0.4, 0.5) is 0 Å². The van der Waals surface area contributed by atoms with Crippen molar-refractivity contribution in [2.45, 2.75) is 58.4 Å². The number of nitrogens with zero attached hydrogens (tertiary/aromatic N) is 2. The number of carbonyl (C=O) groups excluding carboxylic acids is 5. The monoisotopic (exact) mass is 546 g/mol. The Balaban J connectivity index is 1.76. The molecular formula is C27H34N2O10. The summed E-state index contributed by atoms with van der Waals surface area (Å²) >= 11 is 0. The van der Waals surface area contributed by atoms with E-state index in [4.69, 9.17) is 23.7 Å². The Morgan fingerprint density at radius 1 is 0.769 bits per heavy atom. The number of benzene rings is 1. The first-order chi connectivity index (χ1) is 18.5. The van der Waals surface area contributed by atoms with E-state index in [0.717, 1.165) is 33.3 Å². The molecule has 0 spiro atoms. The molecule has 39 heavy (non-hydrogen) atoms. The fourth-order valence-electron chi connectivity index (χ4n) is 4.46. The van der Waals surface area contributed by atoms with Crippen LogP contribution in [0, 0.1) is 0 Å². The zero-order valence-corrected chi connectivity index (χ0v) is 22.4. The van der Waals surface area contributed by atoms with E-state index in [9.17, 15) is 24.0 Å². The summed E-state index contributed by atoms with van der Waals surface area (Å²) in [5.41, 5.74) is 1.09. The quantitative estimate of drug-likeness (QED) is 0.340. The second kappa shape index (κ2) is 13.9. The highest BCUT2D eigenvalue weighted by molar-refractivity contribution is 5.83. The molecule has 0 unspecified atom stereocenters. The van der Waals surface area contributed by atoms with Gasteiger partial charge in [-0.3, -0.25) is 28.9 Å². The molecule has 0 N–H and O–H groups in total. The van der Waals surface area contributed by atoms with E-state index in [2.05, 4.69) is 11.0 Å². The number of esters is 4. The average Bonchev–Trinajstić information content (AvgIpc) is 2.87. The third-order valence-corrected chi connectivity index (χ3v) is 6.08. The predicted molar refractivity (Wildman–Crippen MR) is 136 cm³/mol. The fourth-order valence-corrected chi connectivity index (χ4v) is 4.46. The Labute approximate surface area is 226 Å². The van der Waals surface area contributed by atoms with Crippen LogP contribution in [0.15, 0.2) is 36.4 Å². The van der Waals surface area contributed by atoms with Crippen LogP contribution in [0.1, 0.15) is 33.3 Å². The molecule has 0 bridgehead atoms. The molecule has 12 heteroatoms. The molecule has 212 valence electrons. The Bertz CT molecular complexity index is 1070. The molecule has 2 aliphatic rings. The van der Waals surface area contributed by atoms with Gasteiger partial charge >= 0.3 is 23.9 Å². The lowest BCUT2D eigenvalue weighted by atomic mass is 9.96. The number of rotatable bonds is 8. The van der Waals surface area contributed by atoms with Gasteiger partial charge in [0.25, 0.3) is 5.91 Å². The Morgan fingerprint density at radius 3 is 1.87 bits per heavy atom. The Hall–Kier alpha value is -3.77. The number of hydrogen-bond donors (Lipinski definition) is 0. The SMILES string of the molecule is CC(=O)O[C@@H]1O[C@H](C(=O)N2CCN(C/C=C/c3ccccc3)CC2)[C@@H](OC(C)=O)[C@H](OC(C)=O)[C@H]1OC(C)=O. The van der Waals surface area contributed by atoms with Crippen LogP contribution in [-0.4, -0.2) is 103 Å². The molecule has 2 aliphatic heterocycles. The normalized spacial score (nSPS) is 25.5. The molecule has 5 atom stereocenters. The van der Waals surface area contributed by atoms with Crippen molar-refractivity contribution >= 4 is 35.9 Å². The molecule has 1 amide bonds. The maximum atomic E-state index is 13.6. The largest absolute Gasteiger partial charge is 0.455 e. The second-order valence-electron chi connectivity index (χ2n) is 9.20. The van der Waals surface area contributed by atoms with Gasteiger partial charge in [-0.2, -0.15) is 0 Å². The summed E-state index contributed by atoms with van der Waals surface area (Å²) in [5, 5.41) is 0. The first-order valence-electron chi connectivity index (χ1n) is 12.6. The van der Waals surface area contributed by atoms with Gasteiger partial charge in [0.15, 0.2) is 18.3 Å². The van der Waals surface area contributed by atoms with Crippen molar-refractivity contribution in [3.8, 4) is 0 Å². The number of piperazine rings is 1. The summed E-state index contributed by atoms with van der Waals surface area (Å²) in [7, 11) is 0. The molecule has 2 saturated heterocycles. The summed E-state index contributed by atoms with van der Waals surface area (Å²) in [6.07, 6.45) is -3.39. The summed E-state index contributed by atoms with van der Waals surface area (Å²) in [5.74, 6) is -3.69. The maximum Gasteiger partial charge on any atom is 0.305 e. The van der Waals surface area contributed by atoms with Crippen LogP contribution in [0.3, 0.4) is 0 Å². The second-order valence-corrected chi connectivity index (χ2v) is 9.20. The van der Waals surface area contributed by atoms with Crippen molar-refractivity contribution in [3.05, 3.63) is 42.0 Å². The third kappa shape index (κ3) is 8.62. The summed E-state index contributed by atoms with van der Waals surface area (Å²) in [6, 6.07) is 9.90. The highest BCUT2D eigenvalue weighted by Gasteiger charge is 2.56. The van der Waals surface area contributed by atoms with E-state index in [-0.39, 0.29) is 0 Å². The van der Waals surface area contributed by atoms with Crippen molar-refractivity contribution in [3.63, 3.8) is 0 Å². The van der Waals surface area contributed by atoms with Gasteiger partial charge in [-0.15, -0.1) is 0 Å². The molecule has 2 heterocycles. The van der Waals surface area contributed by atoms with E-state index in [1.807, 2.05) is 36.4 Å². The number of hydrogen-bond acceptors (Lipinski definition) is 11. The van der Waals surface area contributed by atoms with Crippen LogP contribution < -0.4 is 0 Å². The molecule has 0 aromatic heterocycles. The molecule has 12 nitrogen and oxygen atoms in total. The molecule has 2 fully saturated rings. The number of amides is 1. The van der Waals surface area contributed by atoms with E-state index >= 15 is 0 Å². The van der Waals surface area contributed by atoms with Crippen molar-refractivity contribution in [2.75, 3.05) is 32.7 Å². The van der Waals surface area contributed by atoms with E-state index in [1.54, 1.807) is 4.90 Å². The van der Waals surface area contributed by atoms with E-state index < -0.39 is 60.5 Å². The molecule has 1 aromatic carbocycles. The van der Waals surface area contributed by atoms with Crippen LogP contribution >= 0.6 is 0 Å². The van der Waals surface area contributed by atoms with Crippen molar-refractivity contribution in [1.29, 1.82) is 0 Å². The standard InChI is InChI=1S/C27H34N2O10/c1-17(30)35-22-23(36-18(2)31)25(37-19(3)32)27(38-20(4)33)39-24(22)26(34)29-15-13-28(14-16-29)12-8-11-21-9-6-5-7-10-21/h5-11,22-25,27H,12-16H2,1-4H3/b11-8+/t22-,23-,24-,25+,27+/m0/s1. The third-order valence-electron chi connectivity index (χ3n) is 6.08. The fraction of sp³-hybridized carbons (Fsp3) is 0.519. The van der Waals surface area contributed by atoms with Gasteiger partial charge in [-0.1, -0.05) is 42.5 Å². The highest BCUT2D eigenvalue weighted by atomic mass is 16.7. The lowest BCUT2D eigenvalue weighted by molar-refractivity contribution is -0.292. The van der Waals surface area contributed by atoms with Crippen molar-refractivity contribution in [1.82, 2.24) is 9.80 Å². The Kier molecular flexibility index (Phi) is 10.6. The average molecular weight is 547 g/mol. The minimum atomic E-state index is -1.58. The first kappa shape index (κ1) is 29.8. The van der Waals surface area contributed by atoms with Crippen LogP contribution in [0.25, 0.3) is 6.08 Å². The van der Waals surface area contributed by atoms with Gasteiger partial charge in [0.05, 0.1) is 0 Å². The van der Waals surface area contributed by atoms with Crippen LogP contribution in [-0.2, 0) is 47.7 Å². The molecular weight excluding hydrogens is 512 g/mol. The first-order valence-corrected chi connectivity index (χ1v) is 12.6. The van der Waals surface area contributed by atoms with Gasteiger partial charge in [-0.25, -0.2) is 0 Å². The zero-order chi connectivity index (χ0) is 28.5. The van der Waals surface area contributed by atoms with Gasteiger partial charge in [-0.05, 0) is 5.56 Å². The lowest BCUT2D eigenvalue weighted by Gasteiger charge is -2.45. The predicted octanol–water partition coefficient (Wildman–Crippen LogP) is 0.927.